The molecule has 0 radical (unpaired) electrons. The molecule has 0 bridgehead atoms. The average Bonchev–Trinajstić information content (AvgIpc) is 2.27. The van der Waals surface area contributed by atoms with Crippen LogP contribution in [0.15, 0.2) is 30.3 Å². The highest BCUT2D eigenvalue weighted by Gasteiger charge is 2.19. The fraction of sp³-hybridized carbons (Fsp3) is 0.462. The summed E-state index contributed by atoms with van der Waals surface area (Å²) in [4.78, 5) is 13.7. The number of hydrogen-bond acceptors (Lipinski definition) is 2. The topological polar surface area (TPSA) is 46.3 Å². The molecule has 1 atom stereocenters. The molecular formula is C13H20N2O. The molecule has 1 rings (SSSR count). The van der Waals surface area contributed by atoms with E-state index in [0.29, 0.717) is 5.92 Å². The van der Waals surface area contributed by atoms with Gasteiger partial charge in [-0.15, -0.1) is 0 Å². The van der Waals surface area contributed by atoms with E-state index in [1.807, 2.05) is 30.3 Å². The zero-order chi connectivity index (χ0) is 12.1. The first-order valence-corrected chi connectivity index (χ1v) is 5.58. The van der Waals surface area contributed by atoms with Crippen molar-refractivity contribution in [2.75, 3.05) is 13.6 Å². The molecule has 1 unspecified atom stereocenters. The van der Waals surface area contributed by atoms with Crippen molar-refractivity contribution in [3.05, 3.63) is 35.9 Å². The smallest absolute Gasteiger partial charge is 0.243 e. The van der Waals surface area contributed by atoms with Crippen LogP contribution in [-0.4, -0.2) is 24.4 Å². The Morgan fingerprint density at radius 2 is 1.88 bits per heavy atom. The van der Waals surface area contributed by atoms with Crippen molar-refractivity contribution < 1.29 is 4.79 Å². The van der Waals surface area contributed by atoms with Gasteiger partial charge in [0.05, 0.1) is 0 Å². The fourth-order valence-electron chi connectivity index (χ4n) is 1.68. The number of hydrogen-bond donors (Lipinski definition) is 1. The van der Waals surface area contributed by atoms with Crippen LogP contribution in [0.5, 0.6) is 0 Å². The number of nitrogens with zero attached hydrogens (tertiary/aromatic N) is 1. The molecule has 0 saturated carbocycles. The zero-order valence-corrected chi connectivity index (χ0v) is 10.2. The highest BCUT2D eigenvalue weighted by atomic mass is 16.2. The van der Waals surface area contributed by atoms with Crippen molar-refractivity contribution >= 4 is 5.91 Å². The van der Waals surface area contributed by atoms with E-state index in [-0.39, 0.29) is 5.91 Å². The molecule has 0 heterocycles. The van der Waals surface area contributed by atoms with Gasteiger partial charge in [-0.3, -0.25) is 4.79 Å². The summed E-state index contributed by atoms with van der Waals surface area (Å²) in [6.45, 7) is 4.90. The van der Waals surface area contributed by atoms with E-state index in [2.05, 4.69) is 13.8 Å². The SMILES string of the molecule is CC(C)CN(C)C(=O)C(N)c1ccccc1. The van der Waals surface area contributed by atoms with Gasteiger partial charge in [0.25, 0.3) is 0 Å². The number of carbonyl (C=O) groups excluding carboxylic acids is 1. The Balaban J connectivity index is 2.67. The van der Waals surface area contributed by atoms with Gasteiger partial charge in [0.2, 0.25) is 5.91 Å². The minimum atomic E-state index is -0.551. The highest BCUT2D eigenvalue weighted by molar-refractivity contribution is 5.82. The number of amides is 1. The number of rotatable bonds is 4. The summed E-state index contributed by atoms with van der Waals surface area (Å²) < 4.78 is 0. The van der Waals surface area contributed by atoms with Gasteiger partial charge in [-0.05, 0) is 11.5 Å². The van der Waals surface area contributed by atoms with Gasteiger partial charge in [0, 0.05) is 13.6 Å². The second kappa shape index (κ2) is 5.66. The molecule has 16 heavy (non-hydrogen) atoms. The van der Waals surface area contributed by atoms with Crippen LogP contribution in [-0.2, 0) is 4.79 Å². The van der Waals surface area contributed by atoms with E-state index in [4.69, 9.17) is 5.73 Å². The van der Waals surface area contributed by atoms with Gasteiger partial charge in [-0.25, -0.2) is 0 Å². The van der Waals surface area contributed by atoms with Gasteiger partial charge >= 0.3 is 0 Å². The van der Waals surface area contributed by atoms with Crippen molar-refractivity contribution in [2.24, 2.45) is 11.7 Å². The van der Waals surface area contributed by atoms with Crippen LogP contribution in [0.3, 0.4) is 0 Å². The molecule has 0 fully saturated rings. The summed E-state index contributed by atoms with van der Waals surface area (Å²) in [5.41, 5.74) is 6.79. The van der Waals surface area contributed by atoms with E-state index in [9.17, 15) is 4.79 Å². The molecule has 88 valence electrons. The van der Waals surface area contributed by atoms with Crippen LogP contribution in [0.2, 0.25) is 0 Å². The Morgan fingerprint density at radius 3 is 2.38 bits per heavy atom. The predicted octanol–water partition coefficient (Wildman–Crippen LogP) is 1.80. The summed E-state index contributed by atoms with van der Waals surface area (Å²) in [5.74, 6) is 0.428. The first-order valence-electron chi connectivity index (χ1n) is 5.58. The number of likely N-dealkylation sites (N-methyl/N-ethyl adjacent to an activating group) is 1. The lowest BCUT2D eigenvalue weighted by Crippen LogP contribution is -2.37. The van der Waals surface area contributed by atoms with Crippen molar-refractivity contribution in [2.45, 2.75) is 19.9 Å². The average molecular weight is 220 g/mol. The Kier molecular flexibility index (Phi) is 4.50. The molecule has 0 aliphatic rings. The summed E-state index contributed by atoms with van der Waals surface area (Å²) in [7, 11) is 1.80. The van der Waals surface area contributed by atoms with Gasteiger partial charge in [0.15, 0.2) is 0 Å². The quantitative estimate of drug-likeness (QED) is 0.841. The molecule has 3 heteroatoms. The van der Waals surface area contributed by atoms with Crippen LogP contribution in [0.4, 0.5) is 0 Å². The first-order chi connectivity index (χ1) is 7.52. The Labute approximate surface area is 97.2 Å². The third-order valence-electron chi connectivity index (χ3n) is 2.44. The maximum Gasteiger partial charge on any atom is 0.243 e. The minimum Gasteiger partial charge on any atom is -0.344 e. The Morgan fingerprint density at radius 1 is 1.31 bits per heavy atom. The van der Waals surface area contributed by atoms with Gasteiger partial charge < -0.3 is 10.6 Å². The van der Waals surface area contributed by atoms with Gasteiger partial charge in [-0.1, -0.05) is 44.2 Å². The maximum absolute atomic E-state index is 12.0. The summed E-state index contributed by atoms with van der Waals surface area (Å²) in [5, 5.41) is 0. The maximum atomic E-state index is 12.0. The molecule has 1 amide bonds. The third-order valence-corrected chi connectivity index (χ3v) is 2.44. The standard InChI is InChI=1S/C13H20N2O/c1-10(2)9-15(3)13(16)12(14)11-7-5-4-6-8-11/h4-8,10,12H,9,14H2,1-3H3. The van der Waals surface area contributed by atoms with Gasteiger partial charge in [0.1, 0.15) is 6.04 Å². The molecule has 0 aliphatic heterocycles. The predicted molar refractivity (Wildman–Crippen MR) is 65.8 cm³/mol. The normalized spacial score (nSPS) is 12.6. The van der Waals surface area contributed by atoms with Crippen LogP contribution in [0.1, 0.15) is 25.5 Å². The Bertz CT molecular complexity index is 335. The van der Waals surface area contributed by atoms with Crippen LogP contribution < -0.4 is 5.73 Å². The summed E-state index contributed by atoms with van der Waals surface area (Å²) >= 11 is 0. The van der Waals surface area contributed by atoms with E-state index in [1.54, 1.807) is 11.9 Å². The van der Waals surface area contributed by atoms with Crippen LogP contribution >= 0.6 is 0 Å². The molecule has 1 aromatic carbocycles. The molecule has 3 nitrogen and oxygen atoms in total. The van der Waals surface area contributed by atoms with Crippen molar-refractivity contribution in [3.63, 3.8) is 0 Å². The number of benzene rings is 1. The van der Waals surface area contributed by atoms with E-state index in [0.717, 1.165) is 12.1 Å². The minimum absolute atomic E-state index is 0.0279. The molecule has 0 aromatic heterocycles. The fourth-order valence-corrected chi connectivity index (χ4v) is 1.68. The van der Waals surface area contributed by atoms with Crippen LogP contribution in [0.25, 0.3) is 0 Å². The molecule has 0 aliphatic carbocycles. The monoisotopic (exact) mass is 220 g/mol. The second-order valence-electron chi connectivity index (χ2n) is 4.50. The van der Waals surface area contributed by atoms with Crippen molar-refractivity contribution in [1.29, 1.82) is 0 Å². The lowest BCUT2D eigenvalue weighted by Gasteiger charge is -2.23. The molecule has 2 N–H and O–H groups in total. The Hall–Kier alpha value is -1.35. The zero-order valence-electron chi connectivity index (χ0n) is 10.2. The lowest BCUT2D eigenvalue weighted by molar-refractivity contribution is -0.131. The molecule has 1 aromatic rings. The van der Waals surface area contributed by atoms with E-state index in [1.165, 1.54) is 0 Å². The second-order valence-corrected chi connectivity index (χ2v) is 4.50. The molecular weight excluding hydrogens is 200 g/mol. The van der Waals surface area contributed by atoms with Crippen LogP contribution in [0, 0.1) is 5.92 Å². The van der Waals surface area contributed by atoms with Gasteiger partial charge in [-0.2, -0.15) is 0 Å². The van der Waals surface area contributed by atoms with E-state index >= 15 is 0 Å². The third kappa shape index (κ3) is 3.35. The lowest BCUT2D eigenvalue weighted by atomic mass is 10.1. The van der Waals surface area contributed by atoms with Crippen molar-refractivity contribution in [3.8, 4) is 0 Å². The molecule has 0 saturated heterocycles. The largest absolute Gasteiger partial charge is 0.344 e. The summed E-state index contributed by atoms with van der Waals surface area (Å²) in [6, 6.07) is 8.91. The number of carbonyl (C=O) groups is 1. The summed E-state index contributed by atoms with van der Waals surface area (Å²) in [6.07, 6.45) is 0. The molecule has 0 spiro atoms. The van der Waals surface area contributed by atoms with E-state index < -0.39 is 6.04 Å². The first kappa shape index (κ1) is 12.7. The highest BCUT2D eigenvalue weighted by Crippen LogP contribution is 2.12. The number of nitrogens with two attached hydrogens (primary N) is 1. The van der Waals surface area contributed by atoms with Crippen molar-refractivity contribution in [1.82, 2.24) is 4.90 Å².